The SMILES string of the molecule is CCC(O)[C@H]1COC(C)(C)N1C(=O)O. The number of aliphatic hydroxyl groups is 1. The lowest BCUT2D eigenvalue weighted by molar-refractivity contribution is -0.0466. The van der Waals surface area contributed by atoms with Gasteiger partial charge in [-0.3, -0.25) is 4.90 Å². The molecule has 5 nitrogen and oxygen atoms in total. The van der Waals surface area contributed by atoms with Crippen LogP contribution in [0.3, 0.4) is 0 Å². The molecule has 1 rings (SSSR count). The highest BCUT2D eigenvalue weighted by Gasteiger charge is 2.46. The second-order valence-electron chi connectivity index (χ2n) is 3.95. The normalized spacial score (nSPS) is 27.7. The minimum atomic E-state index is -1.05. The molecule has 1 fully saturated rings. The Labute approximate surface area is 83.3 Å². The van der Waals surface area contributed by atoms with Crippen molar-refractivity contribution in [1.29, 1.82) is 0 Å². The monoisotopic (exact) mass is 203 g/mol. The summed E-state index contributed by atoms with van der Waals surface area (Å²) in [5.41, 5.74) is -0.841. The van der Waals surface area contributed by atoms with Gasteiger partial charge in [-0.25, -0.2) is 4.79 Å². The predicted octanol–water partition coefficient (Wildman–Crippen LogP) is 0.872. The molecule has 0 spiro atoms. The Kier molecular flexibility index (Phi) is 3.01. The summed E-state index contributed by atoms with van der Waals surface area (Å²) in [6.07, 6.45) is -1.19. The fraction of sp³-hybridized carbons (Fsp3) is 0.889. The first kappa shape index (κ1) is 11.3. The minimum Gasteiger partial charge on any atom is -0.465 e. The highest BCUT2D eigenvalue weighted by Crippen LogP contribution is 2.29. The van der Waals surface area contributed by atoms with Gasteiger partial charge in [0.25, 0.3) is 0 Å². The molecule has 2 N–H and O–H groups in total. The van der Waals surface area contributed by atoms with Gasteiger partial charge < -0.3 is 14.9 Å². The maximum atomic E-state index is 11.0. The maximum absolute atomic E-state index is 11.0. The van der Waals surface area contributed by atoms with Crippen LogP contribution >= 0.6 is 0 Å². The Morgan fingerprint density at radius 1 is 1.71 bits per heavy atom. The summed E-state index contributed by atoms with van der Waals surface area (Å²) in [7, 11) is 0. The van der Waals surface area contributed by atoms with E-state index in [1.807, 2.05) is 6.92 Å². The van der Waals surface area contributed by atoms with Gasteiger partial charge in [0.05, 0.1) is 18.8 Å². The zero-order valence-electron chi connectivity index (χ0n) is 8.73. The van der Waals surface area contributed by atoms with Gasteiger partial charge in [-0.15, -0.1) is 0 Å². The van der Waals surface area contributed by atoms with Crippen molar-refractivity contribution in [2.45, 2.75) is 45.1 Å². The van der Waals surface area contributed by atoms with E-state index in [4.69, 9.17) is 9.84 Å². The summed E-state index contributed by atoms with van der Waals surface area (Å²) in [5.74, 6) is 0. The standard InChI is InChI=1S/C9H17NO4/c1-4-7(11)6-5-14-9(2,3)10(6)8(12)13/h6-7,11H,4-5H2,1-3H3,(H,12,13)/t6-,7?/m1/s1. The molecule has 1 aliphatic rings. The molecule has 0 saturated carbocycles. The summed E-state index contributed by atoms with van der Waals surface area (Å²) in [4.78, 5) is 12.2. The molecular formula is C9H17NO4. The summed E-state index contributed by atoms with van der Waals surface area (Å²) >= 11 is 0. The molecular weight excluding hydrogens is 186 g/mol. The van der Waals surface area contributed by atoms with Gasteiger partial charge in [-0.2, -0.15) is 0 Å². The summed E-state index contributed by atoms with van der Waals surface area (Å²) < 4.78 is 5.33. The summed E-state index contributed by atoms with van der Waals surface area (Å²) in [6, 6.07) is -0.451. The van der Waals surface area contributed by atoms with Crippen LogP contribution in [0.15, 0.2) is 0 Å². The average molecular weight is 203 g/mol. The molecule has 1 unspecified atom stereocenters. The van der Waals surface area contributed by atoms with Crippen LogP contribution in [0.25, 0.3) is 0 Å². The molecule has 0 aromatic heterocycles. The zero-order valence-corrected chi connectivity index (χ0v) is 8.73. The molecule has 1 amide bonds. The summed E-state index contributed by atoms with van der Waals surface area (Å²) in [5, 5.41) is 18.6. The molecule has 0 radical (unpaired) electrons. The molecule has 2 atom stereocenters. The Balaban J connectivity index is 2.84. The number of rotatable bonds is 2. The fourth-order valence-electron chi connectivity index (χ4n) is 1.76. The third-order valence-electron chi connectivity index (χ3n) is 2.59. The Bertz CT molecular complexity index is 229. The Morgan fingerprint density at radius 2 is 2.29 bits per heavy atom. The van der Waals surface area contributed by atoms with E-state index in [2.05, 4.69) is 0 Å². The van der Waals surface area contributed by atoms with Crippen LogP contribution < -0.4 is 0 Å². The third-order valence-corrected chi connectivity index (χ3v) is 2.59. The van der Waals surface area contributed by atoms with Gasteiger partial charge in [-0.05, 0) is 20.3 Å². The highest BCUT2D eigenvalue weighted by atomic mass is 16.5. The smallest absolute Gasteiger partial charge is 0.409 e. The molecule has 0 aliphatic carbocycles. The number of aliphatic hydroxyl groups excluding tert-OH is 1. The highest BCUT2D eigenvalue weighted by molar-refractivity contribution is 5.66. The topological polar surface area (TPSA) is 70.0 Å². The largest absolute Gasteiger partial charge is 0.465 e. The van der Waals surface area contributed by atoms with Crippen LogP contribution in [0, 0.1) is 0 Å². The van der Waals surface area contributed by atoms with Gasteiger partial charge in [0, 0.05) is 0 Å². The van der Waals surface area contributed by atoms with E-state index >= 15 is 0 Å². The molecule has 0 aromatic carbocycles. The van der Waals surface area contributed by atoms with Crippen molar-refractivity contribution in [3.8, 4) is 0 Å². The second-order valence-corrected chi connectivity index (χ2v) is 3.95. The molecule has 82 valence electrons. The van der Waals surface area contributed by atoms with Crippen molar-refractivity contribution < 1.29 is 19.7 Å². The number of hydrogen-bond donors (Lipinski definition) is 2. The van der Waals surface area contributed by atoms with E-state index in [0.29, 0.717) is 6.42 Å². The number of carboxylic acid groups (broad SMARTS) is 1. The Morgan fingerprint density at radius 3 is 2.71 bits per heavy atom. The van der Waals surface area contributed by atoms with E-state index in [0.717, 1.165) is 0 Å². The van der Waals surface area contributed by atoms with Gasteiger partial charge in [-0.1, -0.05) is 6.92 Å². The second kappa shape index (κ2) is 3.74. The molecule has 0 bridgehead atoms. The molecule has 1 saturated heterocycles. The van der Waals surface area contributed by atoms with Gasteiger partial charge in [0.1, 0.15) is 5.72 Å². The Hall–Kier alpha value is -0.810. The lowest BCUT2D eigenvalue weighted by Gasteiger charge is -2.32. The van der Waals surface area contributed by atoms with Crippen LogP contribution in [0.1, 0.15) is 27.2 Å². The van der Waals surface area contributed by atoms with E-state index in [1.54, 1.807) is 13.8 Å². The van der Waals surface area contributed by atoms with Gasteiger partial charge in [0.15, 0.2) is 0 Å². The van der Waals surface area contributed by atoms with Crippen LogP contribution in [0.4, 0.5) is 4.79 Å². The first-order chi connectivity index (χ1) is 6.40. The lowest BCUT2D eigenvalue weighted by Crippen LogP contribution is -2.51. The van der Waals surface area contributed by atoms with E-state index in [1.165, 1.54) is 4.90 Å². The van der Waals surface area contributed by atoms with Gasteiger partial charge in [0.2, 0.25) is 0 Å². The number of carbonyl (C=O) groups is 1. The minimum absolute atomic E-state index is 0.258. The van der Waals surface area contributed by atoms with E-state index in [-0.39, 0.29) is 6.61 Å². The predicted molar refractivity (Wildman–Crippen MR) is 50.0 cm³/mol. The molecule has 5 heteroatoms. The third kappa shape index (κ3) is 1.83. The molecule has 0 aromatic rings. The van der Waals surface area contributed by atoms with Crippen LogP contribution in [-0.4, -0.2) is 45.7 Å². The van der Waals surface area contributed by atoms with Crippen LogP contribution in [0.2, 0.25) is 0 Å². The van der Waals surface area contributed by atoms with Crippen LogP contribution in [-0.2, 0) is 4.74 Å². The van der Waals surface area contributed by atoms with Crippen molar-refractivity contribution in [2.24, 2.45) is 0 Å². The van der Waals surface area contributed by atoms with Crippen LogP contribution in [0.5, 0.6) is 0 Å². The van der Waals surface area contributed by atoms with Crippen molar-refractivity contribution in [1.82, 2.24) is 4.90 Å². The van der Waals surface area contributed by atoms with Crippen molar-refractivity contribution in [2.75, 3.05) is 6.61 Å². The van der Waals surface area contributed by atoms with Crippen molar-refractivity contribution in [3.05, 3.63) is 0 Å². The fourth-order valence-corrected chi connectivity index (χ4v) is 1.76. The quantitative estimate of drug-likeness (QED) is 0.698. The zero-order chi connectivity index (χ0) is 10.9. The lowest BCUT2D eigenvalue weighted by atomic mass is 10.1. The first-order valence-corrected chi connectivity index (χ1v) is 4.74. The molecule has 1 aliphatic heterocycles. The van der Waals surface area contributed by atoms with Gasteiger partial charge >= 0.3 is 6.09 Å². The number of hydrogen-bond acceptors (Lipinski definition) is 3. The summed E-state index contributed by atoms with van der Waals surface area (Å²) in [6.45, 7) is 5.44. The van der Waals surface area contributed by atoms with Crippen molar-refractivity contribution >= 4 is 6.09 Å². The number of nitrogens with zero attached hydrogens (tertiary/aromatic N) is 1. The first-order valence-electron chi connectivity index (χ1n) is 4.74. The van der Waals surface area contributed by atoms with Crippen molar-refractivity contribution in [3.63, 3.8) is 0 Å². The van der Waals surface area contributed by atoms with E-state index in [9.17, 15) is 9.90 Å². The maximum Gasteiger partial charge on any atom is 0.409 e. The number of ether oxygens (including phenoxy) is 1. The molecule has 14 heavy (non-hydrogen) atoms. The molecule has 1 heterocycles. The average Bonchev–Trinajstić information content (AvgIpc) is 2.39. The number of amides is 1. The van der Waals surface area contributed by atoms with E-state index < -0.39 is 24.0 Å².